The lowest BCUT2D eigenvalue weighted by Crippen LogP contribution is -2.38. The van der Waals surface area contributed by atoms with Gasteiger partial charge < -0.3 is 5.11 Å². The average Bonchev–Trinajstić information content (AvgIpc) is 2.61. The average molecular weight is 222 g/mol. The van der Waals surface area contributed by atoms with Crippen molar-refractivity contribution in [3.05, 3.63) is 17.5 Å². The molecule has 0 bridgehead atoms. The minimum atomic E-state index is -0.691. The highest BCUT2D eigenvalue weighted by Gasteiger charge is 2.43. The van der Waals surface area contributed by atoms with Crippen LogP contribution in [0.5, 0.6) is 0 Å². The summed E-state index contributed by atoms with van der Waals surface area (Å²) in [6.07, 6.45) is 6.37. The monoisotopic (exact) mass is 222 g/mol. The van der Waals surface area contributed by atoms with Gasteiger partial charge >= 0.3 is 5.97 Å². The lowest BCUT2D eigenvalue weighted by atomic mass is 9.69. The van der Waals surface area contributed by atoms with Crippen LogP contribution in [0.4, 0.5) is 0 Å². The topological polar surface area (TPSA) is 55.1 Å². The number of carboxylic acids is 1. The van der Waals surface area contributed by atoms with Crippen LogP contribution in [0, 0.1) is 6.92 Å². The second kappa shape index (κ2) is 3.92. The van der Waals surface area contributed by atoms with Gasteiger partial charge in [0.25, 0.3) is 0 Å². The fourth-order valence-corrected chi connectivity index (χ4v) is 2.72. The van der Waals surface area contributed by atoms with E-state index in [1.54, 1.807) is 10.9 Å². The molecule has 2 rings (SSSR count). The third-order valence-corrected chi connectivity index (χ3v) is 3.87. The molecule has 16 heavy (non-hydrogen) atoms. The van der Waals surface area contributed by atoms with E-state index < -0.39 is 11.4 Å². The van der Waals surface area contributed by atoms with E-state index in [0.717, 1.165) is 43.4 Å². The summed E-state index contributed by atoms with van der Waals surface area (Å²) in [5, 5.41) is 13.7. The molecule has 1 aromatic heterocycles. The summed E-state index contributed by atoms with van der Waals surface area (Å²) < 4.78 is 1.76. The predicted octanol–water partition coefficient (Wildman–Crippen LogP) is 2.02. The summed E-state index contributed by atoms with van der Waals surface area (Å²) in [5.41, 5.74) is 1.20. The van der Waals surface area contributed by atoms with E-state index in [4.69, 9.17) is 0 Å². The molecule has 0 atom stereocenters. The molecule has 1 N–H and O–H groups in total. The maximum Gasteiger partial charge on any atom is 0.314 e. The Bertz CT molecular complexity index is 403. The van der Waals surface area contributed by atoms with Gasteiger partial charge in [-0.2, -0.15) is 5.10 Å². The summed E-state index contributed by atoms with van der Waals surface area (Å²) in [5.74, 6) is -0.691. The molecular formula is C12H18N2O2. The van der Waals surface area contributed by atoms with Crippen molar-refractivity contribution in [2.24, 2.45) is 7.05 Å². The lowest BCUT2D eigenvalue weighted by molar-refractivity contribution is -0.145. The Morgan fingerprint density at radius 3 is 2.50 bits per heavy atom. The van der Waals surface area contributed by atoms with E-state index in [9.17, 15) is 9.90 Å². The number of rotatable bonds is 2. The van der Waals surface area contributed by atoms with Gasteiger partial charge in [0, 0.05) is 18.3 Å². The first-order valence-corrected chi connectivity index (χ1v) is 5.80. The van der Waals surface area contributed by atoms with Gasteiger partial charge in [-0.25, -0.2) is 0 Å². The van der Waals surface area contributed by atoms with Gasteiger partial charge in [0.2, 0.25) is 0 Å². The molecule has 1 saturated carbocycles. The number of nitrogens with zero attached hydrogens (tertiary/aromatic N) is 2. The molecule has 88 valence electrons. The van der Waals surface area contributed by atoms with Crippen LogP contribution in [0.15, 0.2) is 6.20 Å². The molecule has 0 spiro atoms. The SMILES string of the molecule is Cc1c(C2(C(=O)O)CCCCC2)cnn1C. The molecule has 1 heterocycles. The smallest absolute Gasteiger partial charge is 0.314 e. The van der Waals surface area contributed by atoms with Crippen molar-refractivity contribution in [2.75, 3.05) is 0 Å². The molecule has 0 aliphatic heterocycles. The van der Waals surface area contributed by atoms with Crippen molar-refractivity contribution in [2.45, 2.75) is 44.4 Å². The molecule has 0 aromatic carbocycles. The Kier molecular flexibility index (Phi) is 2.74. The molecular weight excluding hydrogens is 204 g/mol. The fraction of sp³-hybridized carbons (Fsp3) is 0.667. The van der Waals surface area contributed by atoms with E-state index in [0.29, 0.717) is 0 Å². The second-order valence-electron chi connectivity index (χ2n) is 4.72. The summed E-state index contributed by atoms with van der Waals surface area (Å²) in [4.78, 5) is 11.6. The van der Waals surface area contributed by atoms with Gasteiger partial charge in [-0.15, -0.1) is 0 Å². The van der Waals surface area contributed by atoms with Crippen molar-refractivity contribution >= 4 is 5.97 Å². The number of hydrogen-bond acceptors (Lipinski definition) is 2. The highest BCUT2D eigenvalue weighted by molar-refractivity contribution is 5.81. The molecule has 1 aliphatic rings. The molecule has 0 radical (unpaired) electrons. The van der Waals surface area contributed by atoms with Crippen molar-refractivity contribution in [1.29, 1.82) is 0 Å². The van der Waals surface area contributed by atoms with Crippen molar-refractivity contribution in [3.63, 3.8) is 0 Å². The first-order chi connectivity index (χ1) is 7.58. The first kappa shape index (κ1) is 11.2. The molecule has 1 fully saturated rings. The molecule has 0 unspecified atom stereocenters. The zero-order chi connectivity index (χ0) is 11.8. The van der Waals surface area contributed by atoms with Gasteiger partial charge in [-0.1, -0.05) is 19.3 Å². The van der Waals surface area contributed by atoms with E-state index >= 15 is 0 Å². The van der Waals surface area contributed by atoms with Gasteiger partial charge in [0.15, 0.2) is 0 Å². The quantitative estimate of drug-likeness (QED) is 0.832. The van der Waals surface area contributed by atoms with Crippen LogP contribution in [0.25, 0.3) is 0 Å². The van der Waals surface area contributed by atoms with Crippen LogP contribution >= 0.6 is 0 Å². The summed E-state index contributed by atoms with van der Waals surface area (Å²) in [6, 6.07) is 0. The van der Waals surface area contributed by atoms with Crippen LogP contribution in [0.1, 0.15) is 43.4 Å². The molecule has 1 aromatic rings. The van der Waals surface area contributed by atoms with Gasteiger partial charge in [-0.05, 0) is 19.8 Å². The Balaban J connectivity index is 2.47. The highest BCUT2D eigenvalue weighted by atomic mass is 16.4. The zero-order valence-corrected chi connectivity index (χ0v) is 9.86. The van der Waals surface area contributed by atoms with Crippen molar-refractivity contribution in [1.82, 2.24) is 9.78 Å². The first-order valence-electron chi connectivity index (χ1n) is 5.80. The van der Waals surface area contributed by atoms with Crippen molar-refractivity contribution in [3.8, 4) is 0 Å². The number of carbonyl (C=O) groups is 1. The molecule has 0 saturated heterocycles. The Labute approximate surface area is 95.3 Å². The van der Waals surface area contributed by atoms with Gasteiger partial charge in [0.05, 0.1) is 11.6 Å². The number of aliphatic carboxylic acids is 1. The fourth-order valence-electron chi connectivity index (χ4n) is 2.72. The van der Waals surface area contributed by atoms with Gasteiger partial charge in [0.1, 0.15) is 0 Å². The highest BCUT2D eigenvalue weighted by Crippen LogP contribution is 2.40. The Morgan fingerprint density at radius 1 is 1.44 bits per heavy atom. The minimum absolute atomic E-state index is 0.684. The maximum atomic E-state index is 11.6. The molecule has 1 aliphatic carbocycles. The zero-order valence-electron chi connectivity index (χ0n) is 9.86. The number of carboxylic acid groups (broad SMARTS) is 1. The van der Waals surface area contributed by atoms with Crippen LogP contribution in [-0.4, -0.2) is 20.9 Å². The number of aryl methyl sites for hydroxylation is 1. The molecule has 4 heteroatoms. The summed E-state index contributed by atoms with van der Waals surface area (Å²) in [6.45, 7) is 1.95. The Hall–Kier alpha value is -1.32. The normalized spacial score (nSPS) is 19.6. The maximum absolute atomic E-state index is 11.6. The van der Waals surface area contributed by atoms with Crippen molar-refractivity contribution < 1.29 is 9.90 Å². The summed E-state index contributed by atoms with van der Waals surface area (Å²) >= 11 is 0. The largest absolute Gasteiger partial charge is 0.481 e. The second-order valence-corrected chi connectivity index (χ2v) is 4.72. The minimum Gasteiger partial charge on any atom is -0.481 e. The van der Waals surface area contributed by atoms with Crippen LogP contribution in [0.2, 0.25) is 0 Å². The van der Waals surface area contributed by atoms with E-state index in [-0.39, 0.29) is 0 Å². The third-order valence-electron chi connectivity index (χ3n) is 3.87. The summed E-state index contributed by atoms with van der Waals surface area (Å²) in [7, 11) is 1.86. The lowest BCUT2D eigenvalue weighted by Gasteiger charge is -2.33. The van der Waals surface area contributed by atoms with Gasteiger partial charge in [-0.3, -0.25) is 9.48 Å². The van der Waals surface area contributed by atoms with Crippen LogP contribution in [-0.2, 0) is 17.3 Å². The van der Waals surface area contributed by atoms with E-state index in [2.05, 4.69) is 5.10 Å². The third kappa shape index (κ3) is 1.52. The van der Waals surface area contributed by atoms with E-state index in [1.807, 2.05) is 14.0 Å². The predicted molar refractivity (Wildman–Crippen MR) is 60.3 cm³/mol. The Morgan fingerprint density at radius 2 is 2.06 bits per heavy atom. The number of hydrogen-bond donors (Lipinski definition) is 1. The molecule has 4 nitrogen and oxygen atoms in total. The number of aromatic nitrogens is 2. The van der Waals surface area contributed by atoms with Crippen LogP contribution < -0.4 is 0 Å². The van der Waals surface area contributed by atoms with Crippen LogP contribution in [0.3, 0.4) is 0 Å². The molecule has 0 amide bonds. The van der Waals surface area contributed by atoms with E-state index in [1.165, 1.54) is 0 Å². The standard InChI is InChI=1S/C12H18N2O2/c1-9-10(8-13-14(9)2)12(11(15)16)6-4-3-5-7-12/h8H,3-7H2,1-2H3,(H,15,16).